The molecule has 2 nitrogen and oxygen atoms in total. The molecule has 0 atom stereocenters. The van der Waals surface area contributed by atoms with E-state index in [0.717, 1.165) is 0 Å². The van der Waals surface area contributed by atoms with Gasteiger partial charge in [-0.05, 0) is 12.1 Å². The van der Waals surface area contributed by atoms with Gasteiger partial charge in [-0.1, -0.05) is 18.2 Å². The van der Waals surface area contributed by atoms with Crippen LogP contribution in [0.1, 0.15) is 10.4 Å². The summed E-state index contributed by atoms with van der Waals surface area (Å²) in [5.74, 6) is -0.402. The third kappa shape index (κ3) is 1.35. The molecule has 0 fully saturated rings. The second-order valence-corrected chi connectivity index (χ2v) is 1.80. The maximum atomic E-state index is 10.7. The number of carbonyl (C=O) groups excluding carboxylic acids is 1. The summed E-state index contributed by atoms with van der Waals surface area (Å²) >= 11 is 0. The van der Waals surface area contributed by atoms with Crippen molar-refractivity contribution in [2.75, 3.05) is 0 Å². The van der Waals surface area contributed by atoms with Gasteiger partial charge in [0.15, 0.2) is 0 Å². The summed E-state index contributed by atoms with van der Waals surface area (Å²) in [6.45, 7) is 0. The molecule has 2 heteroatoms. The van der Waals surface area contributed by atoms with Crippen LogP contribution in [-0.4, -0.2) is 5.97 Å². The predicted molar refractivity (Wildman–Crippen MR) is 37.2 cm³/mol. The first-order chi connectivity index (χ1) is 4.84. The molecule has 1 aromatic carbocycles. The maximum Gasteiger partial charge on any atom is 0.338 e. The molecule has 51 valence electrons. The molecule has 0 saturated heterocycles. The van der Waals surface area contributed by atoms with Crippen LogP contribution < -0.4 is 0 Å². The minimum absolute atomic E-state index is 0.402. The summed E-state index contributed by atoms with van der Waals surface area (Å²) in [6, 6.07) is 8.72. The quantitative estimate of drug-likeness (QED) is 0.547. The van der Waals surface area contributed by atoms with Crippen molar-refractivity contribution in [3.05, 3.63) is 43.0 Å². The fraction of sp³-hybridized carbons (Fsp3) is 0. The van der Waals surface area contributed by atoms with Crippen LogP contribution in [0.4, 0.5) is 0 Å². The van der Waals surface area contributed by atoms with Crippen molar-refractivity contribution in [2.45, 2.75) is 0 Å². The average Bonchev–Trinajstić information content (AvgIpc) is 2.05. The van der Waals surface area contributed by atoms with E-state index in [1.165, 1.54) is 0 Å². The topological polar surface area (TPSA) is 26.3 Å². The van der Waals surface area contributed by atoms with Crippen molar-refractivity contribution in [1.82, 2.24) is 0 Å². The van der Waals surface area contributed by atoms with E-state index in [2.05, 4.69) is 11.8 Å². The molecule has 0 bridgehead atoms. The van der Waals surface area contributed by atoms with Crippen LogP contribution in [0.15, 0.2) is 30.3 Å². The van der Waals surface area contributed by atoms with E-state index in [1.807, 2.05) is 6.07 Å². The van der Waals surface area contributed by atoms with E-state index < -0.39 is 5.97 Å². The number of rotatable bonds is 1. The van der Waals surface area contributed by atoms with Gasteiger partial charge in [-0.15, -0.1) is 0 Å². The first-order valence-corrected chi connectivity index (χ1v) is 2.86. The highest BCUT2D eigenvalue weighted by molar-refractivity contribution is 5.89. The highest BCUT2D eigenvalue weighted by Crippen LogP contribution is 1.99. The minimum atomic E-state index is -0.402. The molecular weight excluding hydrogens is 128 g/mol. The van der Waals surface area contributed by atoms with Crippen molar-refractivity contribution in [3.8, 4) is 0 Å². The summed E-state index contributed by atoms with van der Waals surface area (Å²) in [4.78, 5) is 10.7. The van der Waals surface area contributed by atoms with Gasteiger partial charge >= 0.3 is 5.97 Å². The van der Waals surface area contributed by atoms with E-state index in [9.17, 15) is 4.79 Å². The van der Waals surface area contributed by atoms with Crippen molar-refractivity contribution in [2.24, 2.45) is 0 Å². The Labute approximate surface area is 59.4 Å². The number of benzene rings is 1. The Kier molecular flexibility index (Phi) is 2.05. The molecule has 1 radical (unpaired) electrons. The van der Waals surface area contributed by atoms with Crippen molar-refractivity contribution >= 4 is 5.97 Å². The largest absolute Gasteiger partial charge is 0.458 e. The molecule has 1 aromatic rings. The van der Waals surface area contributed by atoms with Crippen LogP contribution in [0.25, 0.3) is 0 Å². The van der Waals surface area contributed by atoms with Gasteiger partial charge in [0.2, 0.25) is 0 Å². The number of hydrogen-bond donors (Lipinski definition) is 0. The Balaban J connectivity index is 2.85. The lowest BCUT2D eigenvalue weighted by molar-refractivity contribution is 0.0654. The Bertz CT molecular complexity index is 216. The van der Waals surface area contributed by atoms with Crippen LogP contribution in [0.5, 0.6) is 0 Å². The van der Waals surface area contributed by atoms with Gasteiger partial charge < -0.3 is 4.74 Å². The van der Waals surface area contributed by atoms with Gasteiger partial charge in [-0.3, -0.25) is 0 Å². The smallest absolute Gasteiger partial charge is 0.338 e. The van der Waals surface area contributed by atoms with Gasteiger partial charge in [0.1, 0.15) is 7.11 Å². The molecule has 0 N–H and O–H groups in total. The second-order valence-electron chi connectivity index (χ2n) is 1.80. The molecule has 0 amide bonds. The van der Waals surface area contributed by atoms with Crippen molar-refractivity contribution < 1.29 is 9.53 Å². The van der Waals surface area contributed by atoms with Crippen LogP contribution in [-0.2, 0) is 4.74 Å². The molecule has 0 aliphatic rings. The van der Waals surface area contributed by atoms with Crippen LogP contribution in [0, 0.1) is 7.11 Å². The summed E-state index contributed by atoms with van der Waals surface area (Å²) in [7, 11) is 3.01. The van der Waals surface area contributed by atoms with Gasteiger partial charge in [0.25, 0.3) is 0 Å². The van der Waals surface area contributed by atoms with Gasteiger partial charge in [0, 0.05) is 0 Å². The Morgan fingerprint density at radius 1 is 1.30 bits per heavy atom. The number of ether oxygens (including phenoxy) is 1. The fourth-order valence-electron chi connectivity index (χ4n) is 0.658. The Morgan fingerprint density at radius 2 is 1.90 bits per heavy atom. The third-order valence-electron chi connectivity index (χ3n) is 1.14. The van der Waals surface area contributed by atoms with Gasteiger partial charge in [-0.25, -0.2) is 4.79 Å². The standard InChI is InChI=1S/C8H7O2/c1-10-8(9)7-5-3-2-4-6-7/h2-6H,1H2. The predicted octanol–water partition coefficient (Wildman–Crippen LogP) is 1.63. The zero-order valence-electron chi connectivity index (χ0n) is 5.41. The van der Waals surface area contributed by atoms with Gasteiger partial charge in [0.05, 0.1) is 5.56 Å². The molecule has 0 unspecified atom stereocenters. The lowest BCUT2D eigenvalue weighted by Crippen LogP contribution is -1.98. The van der Waals surface area contributed by atoms with E-state index in [4.69, 9.17) is 0 Å². The molecule has 0 aliphatic heterocycles. The Hall–Kier alpha value is -1.31. The van der Waals surface area contributed by atoms with E-state index in [1.54, 1.807) is 24.3 Å². The maximum absolute atomic E-state index is 10.7. The second kappa shape index (κ2) is 3.01. The SMILES string of the molecule is [CH2]OC(=O)c1ccccc1. The number of esters is 1. The van der Waals surface area contributed by atoms with E-state index in [-0.39, 0.29) is 0 Å². The molecule has 1 rings (SSSR count). The molecular formula is C8H7O2. The monoisotopic (exact) mass is 135 g/mol. The summed E-state index contributed by atoms with van der Waals surface area (Å²) in [6.07, 6.45) is 0. The molecule has 0 spiro atoms. The lowest BCUT2D eigenvalue weighted by atomic mass is 10.2. The van der Waals surface area contributed by atoms with Crippen molar-refractivity contribution in [1.29, 1.82) is 0 Å². The summed E-state index contributed by atoms with van der Waals surface area (Å²) < 4.78 is 4.25. The highest BCUT2D eigenvalue weighted by Gasteiger charge is 2.00. The van der Waals surface area contributed by atoms with E-state index >= 15 is 0 Å². The van der Waals surface area contributed by atoms with Crippen LogP contribution in [0.2, 0.25) is 0 Å². The Morgan fingerprint density at radius 3 is 2.40 bits per heavy atom. The van der Waals surface area contributed by atoms with Crippen molar-refractivity contribution in [3.63, 3.8) is 0 Å². The number of hydrogen-bond acceptors (Lipinski definition) is 2. The van der Waals surface area contributed by atoms with E-state index in [0.29, 0.717) is 5.56 Å². The fourth-order valence-corrected chi connectivity index (χ4v) is 0.658. The summed E-state index contributed by atoms with van der Waals surface area (Å²) in [5, 5.41) is 0. The summed E-state index contributed by atoms with van der Waals surface area (Å²) in [5.41, 5.74) is 0.525. The minimum Gasteiger partial charge on any atom is -0.458 e. The number of carbonyl (C=O) groups is 1. The molecule has 10 heavy (non-hydrogen) atoms. The molecule has 0 heterocycles. The zero-order chi connectivity index (χ0) is 7.40. The molecule has 0 saturated carbocycles. The molecule has 0 aliphatic carbocycles. The molecule has 0 aromatic heterocycles. The van der Waals surface area contributed by atoms with Crippen LogP contribution in [0.3, 0.4) is 0 Å². The highest BCUT2D eigenvalue weighted by atomic mass is 16.5. The van der Waals surface area contributed by atoms with Gasteiger partial charge in [-0.2, -0.15) is 0 Å². The average molecular weight is 135 g/mol. The normalized spacial score (nSPS) is 8.90. The zero-order valence-corrected chi connectivity index (χ0v) is 5.41. The van der Waals surface area contributed by atoms with Crippen LogP contribution >= 0.6 is 0 Å². The first-order valence-electron chi connectivity index (χ1n) is 2.86. The first kappa shape index (κ1) is 6.81. The third-order valence-corrected chi connectivity index (χ3v) is 1.14. The lowest BCUT2D eigenvalue weighted by Gasteiger charge is -1.95.